The number of fused-ring (bicyclic) bond motifs is 29. The van der Waals surface area contributed by atoms with Crippen LogP contribution in [0.4, 0.5) is 0 Å². The minimum absolute atomic E-state index is 0.188. The predicted octanol–water partition coefficient (Wildman–Crippen LogP) is 31.8. The Kier molecular flexibility index (Phi) is 19.3. The van der Waals surface area contributed by atoms with Gasteiger partial charge in [-0.15, -0.1) is 0 Å². The first kappa shape index (κ1) is 79.1. The molecule has 0 amide bonds. The normalized spacial score (nSPS) is 14.2. The van der Waals surface area contributed by atoms with Crippen molar-refractivity contribution < 1.29 is 0 Å². The van der Waals surface area contributed by atoms with Gasteiger partial charge in [0.2, 0.25) is 0 Å². The van der Waals surface area contributed by atoms with Gasteiger partial charge >= 0.3 is 0 Å². The molecule has 0 atom stereocenters. The van der Waals surface area contributed by atoms with E-state index < -0.39 is 0 Å². The van der Waals surface area contributed by atoms with Crippen molar-refractivity contribution in [2.45, 2.75) is 61.7 Å². The van der Waals surface area contributed by atoms with Gasteiger partial charge in [-0.05, 0) is 224 Å². The highest BCUT2D eigenvalue weighted by Crippen LogP contribution is 2.66. The quantitative estimate of drug-likeness (QED) is 0.156. The minimum atomic E-state index is -0.263. The largest absolute Gasteiger partial charge is 0.0725 e. The lowest BCUT2D eigenvalue weighted by atomic mass is 9.67. The van der Waals surface area contributed by atoms with Crippen molar-refractivity contribution in [2.75, 3.05) is 0 Å². The summed E-state index contributed by atoms with van der Waals surface area (Å²) in [4.78, 5) is 0. The lowest BCUT2D eigenvalue weighted by Crippen LogP contribution is -2.28. The standard InChI is InChI=1S/2C26H18.3C26H20/c1-17-14-15-25-21(16-17)20-10-4-7-13-24(20)26(25)22-11-5-2-8-18(22)19-9-3-6-12-23(19)26;1-17-14-15-21-20-10-4-7-13-24(20)26(25(21)16-17)22-11-5-2-8-18(22)19-9-3-6-12-23(19)26;1-19-16-17-23-22-14-8-9-15-24(22)26(25(23)18-19,20-10-4-2-5-11-20)21-12-6-3-7-13-21;1-19-10-9-13-21(18-19)26(20-11-3-2-4-12-20)24-16-7-5-14-22(24)23-15-6-8-17-25(23)26;1-19-15-17-21(18-16-19)26(20-9-3-2-4-10-20)24-13-7-5-11-22(24)23-12-6-8-14-25(23)26/h2*2-16H,1H3;3*2-18H,1H3. The Balaban J connectivity index is 0.0000000926. The van der Waals surface area contributed by atoms with E-state index in [0.29, 0.717) is 0 Å². The van der Waals surface area contributed by atoms with Crippen molar-refractivity contribution in [3.63, 3.8) is 0 Å². The van der Waals surface area contributed by atoms with Crippen LogP contribution in [0.1, 0.15) is 139 Å². The molecule has 130 heavy (non-hydrogen) atoms. The summed E-state index contributed by atoms with van der Waals surface area (Å²) >= 11 is 0. The van der Waals surface area contributed by atoms with Crippen LogP contribution in [0.3, 0.4) is 0 Å². The maximum absolute atomic E-state index is 2.40. The van der Waals surface area contributed by atoms with Gasteiger partial charge in [-0.2, -0.15) is 0 Å². The topological polar surface area (TPSA) is 0 Å². The van der Waals surface area contributed by atoms with Gasteiger partial charge in [-0.1, -0.05) is 519 Å². The zero-order valence-electron chi connectivity index (χ0n) is 73.8. The van der Waals surface area contributed by atoms with Gasteiger partial charge in [0.15, 0.2) is 0 Å². The maximum Gasteiger partial charge on any atom is 0.0725 e. The molecule has 2 spiro atoms. The highest BCUT2D eigenvalue weighted by molar-refractivity contribution is 5.98. The van der Waals surface area contributed by atoms with Gasteiger partial charge < -0.3 is 0 Å². The molecular weight excluding hydrogens is 1560 g/mol. The van der Waals surface area contributed by atoms with Crippen molar-refractivity contribution >= 4 is 0 Å². The van der Waals surface area contributed by atoms with E-state index in [4.69, 9.17) is 0 Å². The third kappa shape index (κ3) is 11.8. The Hall–Kier alpha value is -15.6. The second-order valence-electron chi connectivity index (χ2n) is 36.1. The summed E-state index contributed by atoms with van der Waals surface area (Å²) in [5.41, 5.74) is 51.9. The molecule has 20 aromatic carbocycles. The summed E-state index contributed by atoms with van der Waals surface area (Å²) in [5, 5.41) is 0. The number of benzene rings is 20. The summed E-state index contributed by atoms with van der Waals surface area (Å²) < 4.78 is 0. The van der Waals surface area contributed by atoms with Gasteiger partial charge in [0.05, 0.1) is 27.1 Å². The fourth-order valence-corrected chi connectivity index (χ4v) is 24.1. The molecule has 20 aromatic rings. The molecule has 0 N–H and O–H groups in total. The number of hydrogen-bond donors (Lipinski definition) is 0. The molecule has 7 aliphatic rings. The zero-order chi connectivity index (χ0) is 87.3. The first-order valence-electron chi connectivity index (χ1n) is 45.9. The molecule has 7 aliphatic carbocycles. The van der Waals surface area contributed by atoms with E-state index in [1.165, 1.54) is 217 Å². The van der Waals surface area contributed by atoms with Crippen LogP contribution in [0.2, 0.25) is 0 Å². The Morgan fingerprint density at radius 1 is 0.100 bits per heavy atom. The van der Waals surface area contributed by atoms with Gasteiger partial charge in [0.25, 0.3) is 0 Å². The lowest BCUT2D eigenvalue weighted by molar-refractivity contribution is 0.767. The molecule has 0 fully saturated rings. The van der Waals surface area contributed by atoms with E-state index in [1.54, 1.807) is 0 Å². The maximum atomic E-state index is 2.40. The molecule has 0 radical (unpaired) electrons. The molecule has 0 unspecified atom stereocenters. The Bertz CT molecular complexity index is 7190. The summed E-state index contributed by atoms with van der Waals surface area (Å²) in [7, 11) is 0. The summed E-state index contributed by atoms with van der Waals surface area (Å²) in [5.74, 6) is 0. The van der Waals surface area contributed by atoms with E-state index >= 15 is 0 Å². The highest BCUT2D eigenvalue weighted by Gasteiger charge is 2.55. The summed E-state index contributed by atoms with van der Waals surface area (Å²) in [6, 6.07) is 180. The summed E-state index contributed by atoms with van der Waals surface area (Å²) in [6.45, 7) is 10.9. The zero-order valence-corrected chi connectivity index (χ0v) is 73.8. The Morgan fingerprint density at radius 2 is 0.285 bits per heavy atom. The van der Waals surface area contributed by atoms with Crippen LogP contribution < -0.4 is 0 Å². The second kappa shape index (κ2) is 31.8. The number of aryl methyl sites for hydroxylation is 5. The third-order valence-electron chi connectivity index (χ3n) is 29.2. The molecule has 616 valence electrons. The first-order valence-corrected chi connectivity index (χ1v) is 45.9. The van der Waals surface area contributed by atoms with Crippen LogP contribution in [0.15, 0.2) is 491 Å². The van der Waals surface area contributed by atoms with Crippen molar-refractivity contribution in [3.05, 3.63) is 630 Å². The van der Waals surface area contributed by atoms with Crippen molar-refractivity contribution in [1.29, 1.82) is 0 Å². The van der Waals surface area contributed by atoms with Gasteiger partial charge in [0.1, 0.15) is 0 Å². The predicted molar refractivity (Wildman–Crippen MR) is 540 cm³/mol. The summed E-state index contributed by atoms with van der Waals surface area (Å²) in [6.07, 6.45) is 0. The van der Waals surface area contributed by atoms with Crippen LogP contribution in [-0.2, 0) is 27.1 Å². The molecule has 27 rings (SSSR count). The average Bonchev–Trinajstić information content (AvgIpc) is 1.49. The van der Waals surface area contributed by atoms with E-state index in [0.717, 1.165) is 0 Å². The fraction of sp³-hybridized carbons (Fsp3) is 0.0769. The second-order valence-corrected chi connectivity index (χ2v) is 36.1. The van der Waals surface area contributed by atoms with Crippen molar-refractivity contribution in [1.82, 2.24) is 0 Å². The molecule has 0 aliphatic heterocycles. The minimum Gasteiger partial charge on any atom is -0.0622 e. The van der Waals surface area contributed by atoms with Crippen LogP contribution in [-0.4, -0.2) is 0 Å². The Morgan fingerprint density at radius 3 is 0.585 bits per heavy atom. The smallest absolute Gasteiger partial charge is 0.0622 e. The molecule has 0 heteroatoms. The van der Waals surface area contributed by atoms with E-state index in [2.05, 4.69) is 526 Å². The van der Waals surface area contributed by atoms with E-state index in [-0.39, 0.29) is 27.1 Å². The van der Waals surface area contributed by atoms with Crippen LogP contribution in [0, 0.1) is 34.6 Å². The van der Waals surface area contributed by atoms with Gasteiger partial charge in [-0.25, -0.2) is 0 Å². The van der Waals surface area contributed by atoms with Crippen LogP contribution in [0.25, 0.3) is 77.9 Å². The number of hydrogen-bond acceptors (Lipinski definition) is 0. The monoisotopic (exact) mass is 1660 g/mol. The molecule has 0 aromatic heterocycles. The SMILES string of the molecule is Cc1ccc(C2(c3ccccc3)c3ccccc3-c3ccccc32)cc1.Cc1ccc2c(c1)-c1ccccc1C21c2ccccc2-c2ccccc21.Cc1ccc2c(c1)C(c1ccccc1)(c1ccccc1)c1ccccc1-2.Cc1ccc2c(c1)C1(c3ccccc3-c3ccccc31)c1ccccc1-2.Cc1cccc(C2(c3ccccc3)c3ccccc3-c3ccccc32)c1. The molecule has 0 nitrogen and oxygen atoms in total. The van der Waals surface area contributed by atoms with Crippen molar-refractivity contribution in [3.8, 4) is 77.9 Å². The van der Waals surface area contributed by atoms with E-state index in [1.807, 2.05) is 0 Å². The third-order valence-corrected chi connectivity index (χ3v) is 29.2. The molecule has 0 bridgehead atoms. The highest BCUT2D eigenvalue weighted by atomic mass is 14.6. The Labute approximate surface area is 764 Å². The average molecular weight is 1660 g/mol. The number of rotatable bonds is 6. The van der Waals surface area contributed by atoms with Crippen LogP contribution >= 0.6 is 0 Å². The van der Waals surface area contributed by atoms with Gasteiger partial charge in [0, 0.05) is 0 Å². The van der Waals surface area contributed by atoms with Crippen LogP contribution in [0.5, 0.6) is 0 Å². The lowest BCUT2D eigenvalue weighted by Gasteiger charge is -2.34. The van der Waals surface area contributed by atoms with Crippen molar-refractivity contribution in [2.24, 2.45) is 0 Å². The molecule has 0 heterocycles. The first-order chi connectivity index (χ1) is 64.1. The van der Waals surface area contributed by atoms with Gasteiger partial charge in [-0.3, -0.25) is 0 Å². The molecule has 0 saturated carbocycles. The molecule has 0 saturated heterocycles. The molecular formula is C130H96. The fourth-order valence-electron chi connectivity index (χ4n) is 24.1. The van der Waals surface area contributed by atoms with E-state index in [9.17, 15) is 0 Å².